The number of aryl methyl sites for hydroxylation is 1. The number of rotatable bonds is 9. The fourth-order valence-corrected chi connectivity index (χ4v) is 3.33. The first-order valence-corrected chi connectivity index (χ1v) is 10.2. The number of para-hydroxylation sites is 2. The lowest BCUT2D eigenvalue weighted by molar-refractivity contribution is -0.116. The van der Waals surface area contributed by atoms with Crippen LogP contribution in [0.3, 0.4) is 0 Å². The summed E-state index contributed by atoms with van der Waals surface area (Å²) in [7, 11) is 0. The van der Waals surface area contributed by atoms with Crippen LogP contribution < -0.4 is 14.8 Å². The zero-order valence-electron chi connectivity index (χ0n) is 15.5. The van der Waals surface area contributed by atoms with Crippen LogP contribution in [0.2, 0.25) is 5.02 Å². The Hall–Kier alpha value is -2.57. The highest BCUT2D eigenvalue weighted by atomic mass is 35.5. The summed E-state index contributed by atoms with van der Waals surface area (Å²) < 4.78 is 11.5. The van der Waals surface area contributed by atoms with E-state index in [0.717, 1.165) is 17.0 Å². The van der Waals surface area contributed by atoms with Gasteiger partial charge in [0.25, 0.3) is 0 Å². The number of carbonyl (C=O) groups excluding carboxylic acids is 1. The Morgan fingerprint density at radius 3 is 2.82 bits per heavy atom. The van der Waals surface area contributed by atoms with E-state index >= 15 is 0 Å². The number of nitrogens with one attached hydrogen (secondary N) is 1. The molecular weight excluding hydrogens is 396 g/mol. The van der Waals surface area contributed by atoms with Crippen LogP contribution in [0, 0.1) is 6.92 Å². The molecule has 0 aliphatic rings. The van der Waals surface area contributed by atoms with Crippen LogP contribution in [0.1, 0.15) is 24.1 Å². The molecule has 28 heavy (non-hydrogen) atoms. The number of halogens is 1. The van der Waals surface area contributed by atoms with Crippen LogP contribution >= 0.6 is 22.9 Å². The second-order valence-electron chi connectivity index (χ2n) is 6.17. The van der Waals surface area contributed by atoms with Gasteiger partial charge in [-0.15, -0.1) is 11.3 Å². The van der Waals surface area contributed by atoms with Crippen LogP contribution in [-0.4, -0.2) is 17.5 Å². The Kier molecular flexibility index (Phi) is 7.28. The zero-order valence-corrected chi connectivity index (χ0v) is 17.1. The molecule has 0 spiro atoms. The molecule has 0 saturated heterocycles. The van der Waals surface area contributed by atoms with Crippen molar-refractivity contribution in [3.8, 4) is 11.5 Å². The summed E-state index contributed by atoms with van der Waals surface area (Å²) in [6, 6.07) is 12.9. The van der Waals surface area contributed by atoms with E-state index in [1.54, 1.807) is 11.6 Å². The Morgan fingerprint density at radius 2 is 2.04 bits per heavy atom. The third kappa shape index (κ3) is 5.97. The molecule has 1 N–H and O–H groups in total. The van der Waals surface area contributed by atoms with Gasteiger partial charge in [-0.3, -0.25) is 4.79 Å². The number of amides is 1. The van der Waals surface area contributed by atoms with Crippen LogP contribution in [-0.2, 0) is 11.4 Å². The molecule has 3 rings (SSSR count). The number of hydrogen-bond donors (Lipinski definition) is 1. The minimum Gasteiger partial charge on any atom is -0.493 e. The molecule has 1 heterocycles. The largest absolute Gasteiger partial charge is 0.493 e. The van der Waals surface area contributed by atoms with Crippen molar-refractivity contribution in [1.29, 1.82) is 0 Å². The van der Waals surface area contributed by atoms with Crippen molar-refractivity contribution in [2.75, 3.05) is 11.9 Å². The number of ether oxygens (including phenoxy) is 2. The van der Waals surface area contributed by atoms with Crippen LogP contribution in [0.5, 0.6) is 11.5 Å². The second kappa shape index (κ2) is 10.1. The van der Waals surface area contributed by atoms with E-state index in [2.05, 4.69) is 10.3 Å². The summed E-state index contributed by atoms with van der Waals surface area (Å²) in [6.45, 7) is 2.76. The van der Waals surface area contributed by atoms with Gasteiger partial charge in [-0.1, -0.05) is 23.7 Å². The summed E-state index contributed by atoms with van der Waals surface area (Å²) in [5.41, 5.74) is 4.25. The predicted octanol–water partition coefficient (Wildman–Crippen LogP) is 5.48. The van der Waals surface area contributed by atoms with E-state index in [1.807, 2.05) is 48.7 Å². The fraction of sp³-hybridized carbons (Fsp3) is 0.238. The van der Waals surface area contributed by atoms with Crippen molar-refractivity contribution in [2.45, 2.75) is 26.4 Å². The van der Waals surface area contributed by atoms with E-state index in [4.69, 9.17) is 21.1 Å². The molecule has 2 aromatic carbocycles. The predicted molar refractivity (Wildman–Crippen MR) is 112 cm³/mol. The summed E-state index contributed by atoms with van der Waals surface area (Å²) in [6.07, 6.45) is 0.961. The highest BCUT2D eigenvalue weighted by Crippen LogP contribution is 2.25. The lowest BCUT2D eigenvalue weighted by Gasteiger charge is -2.12. The normalized spacial score (nSPS) is 10.5. The second-order valence-corrected chi connectivity index (χ2v) is 7.33. The zero-order chi connectivity index (χ0) is 19.8. The molecule has 0 bridgehead atoms. The number of hydrogen-bond acceptors (Lipinski definition) is 5. The highest BCUT2D eigenvalue weighted by molar-refractivity contribution is 7.07. The van der Waals surface area contributed by atoms with E-state index < -0.39 is 0 Å². The minimum absolute atomic E-state index is 0.0823. The average Bonchev–Trinajstić information content (AvgIpc) is 3.19. The molecule has 7 heteroatoms. The smallest absolute Gasteiger partial charge is 0.224 e. The van der Waals surface area contributed by atoms with E-state index in [9.17, 15) is 4.79 Å². The van der Waals surface area contributed by atoms with E-state index in [-0.39, 0.29) is 5.91 Å². The third-order valence-electron chi connectivity index (χ3n) is 3.96. The monoisotopic (exact) mass is 416 g/mol. The standard InChI is InChI=1S/C21H21ClN2O3S/c1-15-11-16(22)8-9-19(15)26-10-4-7-21(25)24-18-5-2-3-6-20(18)27-12-17-13-28-14-23-17/h2-3,5-6,8-9,11,13-14H,4,7,10,12H2,1H3,(H,24,25). The highest BCUT2D eigenvalue weighted by Gasteiger charge is 2.09. The van der Waals surface area contributed by atoms with Gasteiger partial charge < -0.3 is 14.8 Å². The maximum Gasteiger partial charge on any atom is 0.224 e. The number of anilines is 1. The molecule has 0 aliphatic heterocycles. The van der Waals surface area contributed by atoms with Crippen molar-refractivity contribution in [2.24, 2.45) is 0 Å². The van der Waals surface area contributed by atoms with Gasteiger partial charge in [-0.25, -0.2) is 4.98 Å². The lowest BCUT2D eigenvalue weighted by Crippen LogP contribution is -2.14. The molecule has 0 radical (unpaired) electrons. The Balaban J connectivity index is 1.45. The van der Waals surface area contributed by atoms with Gasteiger partial charge in [0, 0.05) is 16.8 Å². The van der Waals surface area contributed by atoms with E-state index in [0.29, 0.717) is 42.5 Å². The lowest BCUT2D eigenvalue weighted by atomic mass is 10.2. The molecule has 0 fully saturated rings. The van der Waals surface area contributed by atoms with Crippen molar-refractivity contribution in [3.63, 3.8) is 0 Å². The summed E-state index contributed by atoms with van der Waals surface area (Å²) in [4.78, 5) is 16.5. The SMILES string of the molecule is Cc1cc(Cl)ccc1OCCCC(=O)Nc1ccccc1OCc1cscn1. The maximum absolute atomic E-state index is 12.3. The Labute approximate surface area is 173 Å². The minimum atomic E-state index is -0.0823. The van der Waals surface area contributed by atoms with Crippen LogP contribution in [0.25, 0.3) is 0 Å². The summed E-state index contributed by atoms with van der Waals surface area (Å²) in [5, 5.41) is 5.52. The van der Waals surface area contributed by atoms with E-state index in [1.165, 1.54) is 11.3 Å². The first-order valence-electron chi connectivity index (χ1n) is 8.89. The molecule has 3 aromatic rings. The molecule has 1 amide bonds. The third-order valence-corrected chi connectivity index (χ3v) is 4.83. The molecule has 5 nitrogen and oxygen atoms in total. The number of thiazole rings is 1. The summed E-state index contributed by atoms with van der Waals surface area (Å²) >= 11 is 7.46. The Morgan fingerprint density at radius 1 is 1.18 bits per heavy atom. The van der Waals surface area contributed by atoms with Gasteiger partial charge in [0.2, 0.25) is 5.91 Å². The molecular formula is C21H21ClN2O3S. The van der Waals surface area contributed by atoms with Gasteiger partial charge in [0.05, 0.1) is 23.5 Å². The van der Waals surface area contributed by atoms with Crippen molar-refractivity contribution >= 4 is 34.5 Å². The number of aromatic nitrogens is 1. The van der Waals surface area contributed by atoms with Gasteiger partial charge in [0.15, 0.2) is 0 Å². The molecule has 0 saturated carbocycles. The van der Waals surface area contributed by atoms with Gasteiger partial charge >= 0.3 is 0 Å². The van der Waals surface area contributed by atoms with Crippen LogP contribution in [0.4, 0.5) is 5.69 Å². The van der Waals surface area contributed by atoms with Crippen molar-refractivity contribution in [1.82, 2.24) is 4.98 Å². The number of benzene rings is 2. The average molecular weight is 417 g/mol. The quantitative estimate of drug-likeness (QED) is 0.469. The topological polar surface area (TPSA) is 60.5 Å². The Bertz CT molecular complexity index is 916. The van der Waals surface area contributed by atoms with Crippen molar-refractivity contribution < 1.29 is 14.3 Å². The molecule has 146 valence electrons. The van der Waals surface area contributed by atoms with Gasteiger partial charge in [-0.2, -0.15) is 0 Å². The first kappa shape index (κ1) is 20.2. The number of carbonyl (C=O) groups is 1. The first-order chi connectivity index (χ1) is 13.6. The molecule has 1 aromatic heterocycles. The molecule has 0 atom stereocenters. The van der Waals surface area contributed by atoms with Gasteiger partial charge in [0.1, 0.15) is 18.1 Å². The molecule has 0 aliphatic carbocycles. The van der Waals surface area contributed by atoms with Crippen molar-refractivity contribution in [3.05, 3.63) is 69.6 Å². The maximum atomic E-state index is 12.3. The fourth-order valence-electron chi connectivity index (χ4n) is 2.56. The summed E-state index contributed by atoms with van der Waals surface area (Å²) in [5.74, 6) is 1.32. The van der Waals surface area contributed by atoms with Crippen LogP contribution in [0.15, 0.2) is 53.4 Å². The number of nitrogens with zero attached hydrogens (tertiary/aromatic N) is 1. The molecule has 0 unspecified atom stereocenters. The van der Waals surface area contributed by atoms with Gasteiger partial charge in [-0.05, 0) is 49.2 Å².